The quantitative estimate of drug-likeness (QED) is 0.596. The molecule has 3 aromatic rings. The minimum absolute atomic E-state index is 0.274. The van der Waals surface area contributed by atoms with E-state index in [4.69, 9.17) is 21.4 Å². The van der Waals surface area contributed by atoms with Gasteiger partial charge in [-0.2, -0.15) is 0 Å². The zero-order valence-corrected chi connectivity index (χ0v) is 16.1. The van der Waals surface area contributed by atoms with Gasteiger partial charge in [0, 0.05) is 6.54 Å². The van der Waals surface area contributed by atoms with Gasteiger partial charge in [0.2, 0.25) is 0 Å². The van der Waals surface area contributed by atoms with Crippen LogP contribution in [0.4, 0.5) is 10.1 Å². The Bertz CT molecular complexity index is 912. The number of thiocarbonyl (C=S) groups is 1. The summed E-state index contributed by atoms with van der Waals surface area (Å²) in [4.78, 5) is 1.92. The molecule has 2 aromatic carbocycles. The van der Waals surface area contributed by atoms with Gasteiger partial charge in [0.05, 0.1) is 25.6 Å². The minimum Gasteiger partial charge on any atom is -0.495 e. The molecule has 1 N–H and O–H groups in total. The molecule has 0 unspecified atom stereocenters. The molecule has 1 heterocycles. The highest BCUT2D eigenvalue weighted by atomic mass is 32.1. The van der Waals surface area contributed by atoms with Crippen LogP contribution >= 0.6 is 12.2 Å². The molecule has 0 saturated carbocycles. The Morgan fingerprint density at radius 2 is 2.00 bits per heavy atom. The summed E-state index contributed by atoms with van der Waals surface area (Å²) in [6, 6.07) is 16.0. The van der Waals surface area contributed by atoms with Gasteiger partial charge in [0.25, 0.3) is 0 Å². The number of benzene rings is 2. The van der Waals surface area contributed by atoms with Crippen LogP contribution in [0.2, 0.25) is 0 Å². The molecule has 4 nitrogen and oxygen atoms in total. The van der Waals surface area contributed by atoms with Crippen LogP contribution in [-0.4, -0.2) is 17.1 Å². The molecule has 3 rings (SSSR count). The fourth-order valence-corrected chi connectivity index (χ4v) is 2.98. The van der Waals surface area contributed by atoms with Crippen molar-refractivity contribution in [2.24, 2.45) is 0 Å². The van der Waals surface area contributed by atoms with Crippen molar-refractivity contribution >= 4 is 23.0 Å². The van der Waals surface area contributed by atoms with E-state index in [1.54, 1.807) is 19.4 Å². The Kier molecular flexibility index (Phi) is 6.08. The van der Waals surface area contributed by atoms with E-state index in [1.165, 1.54) is 12.1 Å². The molecular weight excluding hydrogens is 363 g/mol. The van der Waals surface area contributed by atoms with Crippen molar-refractivity contribution in [3.8, 4) is 5.75 Å². The van der Waals surface area contributed by atoms with E-state index in [1.807, 2.05) is 48.2 Å². The van der Waals surface area contributed by atoms with Crippen LogP contribution in [0.3, 0.4) is 0 Å². The van der Waals surface area contributed by atoms with Crippen molar-refractivity contribution < 1.29 is 13.5 Å². The fourth-order valence-electron chi connectivity index (χ4n) is 2.74. The first-order chi connectivity index (χ1) is 13.0. The van der Waals surface area contributed by atoms with E-state index >= 15 is 0 Å². The molecule has 0 aliphatic rings. The van der Waals surface area contributed by atoms with Crippen molar-refractivity contribution in [2.75, 3.05) is 12.4 Å². The van der Waals surface area contributed by atoms with Crippen LogP contribution in [0.25, 0.3) is 0 Å². The molecule has 0 aliphatic carbocycles. The second-order valence-corrected chi connectivity index (χ2v) is 6.59. The molecule has 0 saturated heterocycles. The van der Waals surface area contributed by atoms with Gasteiger partial charge in [-0.25, -0.2) is 4.39 Å². The second-order valence-electron chi connectivity index (χ2n) is 6.20. The SMILES string of the molecule is COc1cc(C)ccc1NC(=S)N(Cc1cccc(F)c1)Cc1ccco1. The maximum absolute atomic E-state index is 13.6. The first-order valence-electron chi connectivity index (χ1n) is 8.52. The number of hydrogen-bond acceptors (Lipinski definition) is 3. The zero-order chi connectivity index (χ0) is 19.2. The summed E-state index contributed by atoms with van der Waals surface area (Å²) in [5.41, 5.74) is 2.69. The summed E-state index contributed by atoms with van der Waals surface area (Å²) in [5.74, 6) is 1.21. The molecule has 0 spiro atoms. The standard InChI is InChI=1S/C21H21FN2O2S/c1-15-8-9-19(20(11-15)25-2)23-21(27)24(14-18-7-4-10-26-18)13-16-5-3-6-17(22)12-16/h3-12H,13-14H2,1-2H3,(H,23,27). The lowest BCUT2D eigenvalue weighted by atomic mass is 10.2. The number of nitrogens with one attached hydrogen (secondary N) is 1. The highest BCUT2D eigenvalue weighted by Gasteiger charge is 2.15. The zero-order valence-electron chi connectivity index (χ0n) is 15.2. The molecule has 0 fully saturated rings. The molecule has 0 amide bonds. The van der Waals surface area contributed by atoms with E-state index < -0.39 is 0 Å². The van der Waals surface area contributed by atoms with E-state index in [-0.39, 0.29) is 5.82 Å². The first-order valence-corrected chi connectivity index (χ1v) is 8.93. The van der Waals surface area contributed by atoms with Crippen LogP contribution in [0.1, 0.15) is 16.9 Å². The van der Waals surface area contributed by atoms with Gasteiger partial charge in [-0.15, -0.1) is 0 Å². The average Bonchev–Trinajstić information content (AvgIpc) is 3.15. The smallest absolute Gasteiger partial charge is 0.174 e. The number of ether oxygens (including phenoxy) is 1. The van der Waals surface area contributed by atoms with Crippen molar-refractivity contribution in [3.63, 3.8) is 0 Å². The molecule has 0 radical (unpaired) electrons. The summed E-state index contributed by atoms with van der Waals surface area (Å²) < 4.78 is 24.5. The second kappa shape index (κ2) is 8.68. The highest BCUT2D eigenvalue weighted by Crippen LogP contribution is 2.26. The molecule has 1 aromatic heterocycles. The van der Waals surface area contributed by atoms with E-state index in [0.717, 1.165) is 22.6 Å². The topological polar surface area (TPSA) is 37.6 Å². The maximum Gasteiger partial charge on any atom is 0.174 e. The van der Waals surface area contributed by atoms with Gasteiger partial charge in [0.1, 0.15) is 17.3 Å². The normalized spacial score (nSPS) is 10.5. The minimum atomic E-state index is -0.274. The Morgan fingerprint density at radius 1 is 1.15 bits per heavy atom. The number of furan rings is 1. The number of nitrogens with zero attached hydrogens (tertiary/aromatic N) is 1. The van der Waals surface area contributed by atoms with Gasteiger partial charge < -0.3 is 19.4 Å². The molecular formula is C21H21FN2O2S. The average molecular weight is 384 g/mol. The Hall–Kier alpha value is -2.86. The number of halogens is 1. The van der Waals surface area contributed by atoms with Crippen molar-refractivity contribution in [2.45, 2.75) is 20.0 Å². The third-order valence-electron chi connectivity index (χ3n) is 4.08. The third-order valence-corrected chi connectivity index (χ3v) is 4.44. The molecule has 0 aliphatic heterocycles. The lowest BCUT2D eigenvalue weighted by molar-refractivity contribution is 0.359. The van der Waals surface area contributed by atoms with Gasteiger partial charge in [-0.1, -0.05) is 18.2 Å². The number of anilines is 1. The van der Waals surface area contributed by atoms with E-state index in [9.17, 15) is 4.39 Å². The van der Waals surface area contributed by atoms with Crippen LogP contribution in [0.15, 0.2) is 65.3 Å². The largest absolute Gasteiger partial charge is 0.495 e. The Labute approximate surface area is 163 Å². The highest BCUT2D eigenvalue weighted by molar-refractivity contribution is 7.80. The number of aryl methyl sites for hydroxylation is 1. The first kappa shape index (κ1) is 18.9. The van der Waals surface area contributed by atoms with Crippen LogP contribution in [0, 0.1) is 12.7 Å². The molecule has 0 bridgehead atoms. The summed E-state index contributed by atoms with van der Waals surface area (Å²) in [6.07, 6.45) is 1.62. The van der Waals surface area contributed by atoms with Crippen molar-refractivity contribution in [1.82, 2.24) is 4.90 Å². The van der Waals surface area contributed by atoms with E-state index in [0.29, 0.717) is 24.0 Å². The van der Waals surface area contributed by atoms with Crippen LogP contribution in [-0.2, 0) is 13.1 Å². The van der Waals surface area contributed by atoms with Crippen molar-refractivity contribution in [1.29, 1.82) is 0 Å². The lowest BCUT2D eigenvalue weighted by Crippen LogP contribution is -2.33. The van der Waals surface area contributed by atoms with Gasteiger partial charge in [0.15, 0.2) is 5.11 Å². The number of rotatable bonds is 6. The van der Waals surface area contributed by atoms with Gasteiger partial charge >= 0.3 is 0 Å². The fraction of sp³-hybridized carbons (Fsp3) is 0.190. The number of methoxy groups -OCH3 is 1. The monoisotopic (exact) mass is 384 g/mol. The molecule has 6 heteroatoms. The lowest BCUT2D eigenvalue weighted by Gasteiger charge is -2.26. The van der Waals surface area contributed by atoms with Crippen molar-refractivity contribution in [3.05, 3.63) is 83.6 Å². The summed E-state index contributed by atoms with van der Waals surface area (Å²) in [6.45, 7) is 2.90. The Balaban J connectivity index is 1.82. The Morgan fingerprint density at radius 3 is 2.70 bits per heavy atom. The van der Waals surface area contributed by atoms with Crippen LogP contribution < -0.4 is 10.1 Å². The summed E-state index contributed by atoms with van der Waals surface area (Å²) in [7, 11) is 1.62. The van der Waals surface area contributed by atoms with Gasteiger partial charge in [-0.05, 0) is 66.7 Å². The predicted octanol–water partition coefficient (Wildman–Crippen LogP) is 5.13. The third kappa shape index (κ3) is 5.08. The van der Waals surface area contributed by atoms with E-state index in [2.05, 4.69) is 5.32 Å². The maximum atomic E-state index is 13.6. The summed E-state index contributed by atoms with van der Waals surface area (Å²) in [5, 5.41) is 3.73. The van der Waals surface area contributed by atoms with Crippen LogP contribution in [0.5, 0.6) is 5.75 Å². The predicted molar refractivity (Wildman–Crippen MR) is 108 cm³/mol. The molecule has 0 atom stereocenters. The summed E-state index contributed by atoms with van der Waals surface area (Å²) >= 11 is 5.63. The van der Waals surface area contributed by atoms with Gasteiger partial charge in [-0.3, -0.25) is 0 Å². The molecule has 27 heavy (non-hydrogen) atoms. The number of hydrogen-bond donors (Lipinski definition) is 1. The molecule has 140 valence electrons.